The van der Waals surface area contributed by atoms with Gasteiger partial charge in [-0.15, -0.1) is 4.91 Å². The number of ether oxygens (including phenoxy) is 1. The summed E-state index contributed by atoms with van der Waals surface area (Å²) in [6, 6.07) is 4.73. The number of nitrogens with zero attached hydrogens (tertiary/aromatic N) is 3. The Bertz CT molecular complexity index is 579. The van der Waals surface area contributed by atoms with E-state index < -0.39 is 5.97 Å². The molecule has 0 unspecified atom stereocenters. The molecule has 0 amide bonds. The second-order valence-electron chi connectivity index (χ2n) is 3.41. The van der Waals surface area contributed by atoms with Crippen molar-refractivity contribution in [2.24, 2.45) is 5.18 Å². The van der Waals surface area contributed by atoms with Crippen LogP contribution < -0.4 is 4.84 Å². The molecule has 1 aromatic heterocycles. The molecule has 1 aromatic carbocycles. The molecule has 7 heteroatoms. The van der Waals surface area contributed by atoms with Gasteiger partial charge in [-0.1, -0.05) is 0 Å². The van der Waals surface area contributed by atoms with E-state index in [1.807, 2.05) is 0 Å². The summed E-state index contributed by atoms with van der Waals surface area (Å²) >= 11 is 0. The van der Waals surface area contributed by atoms with Crippen LogP contribution in [0.15, 0.2) is 29.7 Å². The topological polar surface area (TPSA) is 82.8 Å². The highest BCUT2D eigenvalue weighted by Gasteiger charge is 2.07. The van der Waals surface area contributed by atoms with Gasteiger partial charge in [-0.05, 0) is 30.3 Å². The fourth-order valence-corrected chi connectivity index (χ4v) is 1.46. The van der Waals surface area contributed by atoms with Crippen molar-refractivity contribution in [2.45, 2.75) is 6.92 Å². The van der Waals surface area contributed by atoms with Crippen molar-refractivity contribution in [1.29, 1.82) is 0 Å². The van der Waals surface area contributed by atoms with Gasteiger partial charge in [0.1, 0.15) is 17.5 Å². The third kappa shape index (κ3) is 2.45. The Morgan fingerprint density at radius 3 is 3.06 bits per heavy atom. The van der Waals surface area contributed by atoms with Gasteiger partial charge in [-0.25, -0.2) is 9.78 Å². The Labute approximate surface area is 102 Å². The Balaban J connectivity index is 2.17. The van der Waals surface area contributed by atoms with Crippen molar-refractivity contribution < 1.29 is 14.4 Å². The van der Waals surface area contributed by atoms with E-state index >= 15 is 0 Å². The van der Waals surface area contributed by atoms with Crippen LogP contribution in [0.5, 0.6) is 0 Å². The molecule has 94 valence electrons. The maximum atomic E-state index is 11.1. The fourth-order valence-electron chi connectivity index (χ4n) is 1.46. The number of nitroso groups, excluding NO2 is 1. The smallest absolute Gasteiger partial charge is 0.346 e. The van der Waals surface area contributed by atoms with Gasteiger partial charge >= 0.3 is 5.97 Å². The highest BCUT2D eigenvalue weighted by molar-refractivity contribution is 5.78. The second-order valence-corrected chi connectivity index (χ2v) is 3.41. The van der Waals surface area contributed by atoms with E-state index in [-0.39, 0.29) is 12.3 Å². The van der Waals surface area contributed by atoms with Crippen LogP contribution in [0.4, 0.5) is 5.69 Å². The van der Waals surface area contributed by atoms with E-state index in [0.29, 0.717) is 17.6 Å². The van der Waals surface area contributed by atoms with Crippen molar-refractivity contribution in [2.75, 3.05) is 13.2 Å². The Hall–Kier alpha value is -2.44. The number of hydrogen-bond acceptors (Lipinski definition) is 6. The molecular formula is C11H11N3O4. The van der Waals surface area contributed by atoms with Crippen LogP contribution in [-0.2, 0) is 9.53 Å². The molecule has 0 atom stereocenters. The molecule has 18 heavy (non-hydrogen) atoms. The van der Waals surface area contributed by atoms with Gasteiger partial charge in [0, 0.05) is 0 Å². The molecule has 0 aliphatic heterocycles. The van der Waals surface area contributed by atoms with E-state index in [1.54, 1.807) is 19.1 Å². The summed E-state index contributed by atoms with van der Waals surface area (Å²) in [5.41, 5.74) is 1.48. The molecule has 1 heterocycles. The maximum absolute atomic E-state index is 11.1. The predicted octanol–water partition coefficient (Wildman–Crippen LogP) is 1.43. The summed E-state index contributed by atoms with van der Waals surface area (Å²) in [6.45, 7) is 1.79. The lowest BCUT2D eigenvalue weighted by molar-refractivity contribution is -0.148. The normalized spacial score (nSPS) is 10.3. The number of esters is 1. The van der Waals surface area contributed by atoms with Crippen molar-refractivity contribution in [3.8, 4) is 0 Å². The average molecular weight is 249 g/mol. The lowest BCUT2D eigenvalue weighted by atomic mass is 10.3. The number of fused-ring (bicyclic) bond motifs is 1. The highest BCUT2D eigenvalue weighted by atomic mass is 16.7. The first-order valence-electron chi connectivity index (χ1n) is 5.34. The molecule has 0 saturated carbocycles. The monoisotopic (exact) mass is 249 g/mol. The lowest BCUT2D eigenvalue weighted by Gasteiger charge is -2.06. The zero-order valence-corrected chi connectivity index (χ0v) is 9.70. The first-order valence-corrected chi connectivity index (χ1v) is 5.34. The molecule has 2 rings (SSSR count). The van der Waals surface area contributed by atoms with Gasteiger partial charge < -0.3 is 9.57 Å². The van der Waals surface area contributed by atoms with Crippen LogP contribution >= 0.6 is 0 Å². The highest BCUT2D eigenvalue weighted by Crippen LogP contribution is 2.19. The van der Waals surface area contributed by atoms with Crippen molar-refractivity contribution in [1.82, 2.24) is 9.71 Å². The fraction of sp³-hybridized carbons (Fsp3) is 0.273. The van der Waals surface area contributed by atoms with Crippen LogP contribution in [0.2, 0.25) is 0 Å². The number of carbonyl (C=O) groups is 1. The molecular weight excluding hydrogens is 238 g/mol. The number of carbonyl (C=O) groups excluding carboxylic acids is 1. The predicted molar refractivity (Wildman–Crippen MR) is 63.3 cm³/mol. The molecule has 0 N–H and O–H groups in total. The van der Waals surface area contributed by atoms with Crippen molar-refractivity contribution >= 4 is 22.7 Å². The molecule has 0 aliphatic rings. The first kappa shape index (κ1) is 12.0. The van der Waals surface area contributed by atoms with Crippen LogP contribution in [0.25, 0.3) is 11.0 Å². The van der Waals surface area contributed by atoms with E-state index in [2.05, 4.69) is 10.2 Å². The van der Waals surface area contributed by atoms with Crippen LogP contribution in [0, 0.1) is 4.91 Å². The number of rotatable bonds is 5. The summed E-state index contributed by atoms with van der Waals surface area (Å²) in [5, 5.41) is 2.83. The molecule has 0 saturated heterocycles. The standard InChI is InChI=1S/C11H11N3O4/c1-2-17-11(15)6-18-14-7-12-9-4-3-8(13-16)5-10(9)14/h3-5,7H,2,6H2,1H3. The zero-order valence-electron chi connectivity index (χ0n) is 9.70. The summed E-state index contributed by atoms with van der Waals surface area (Å²) in [6.07, 6.45) is 1.42. The molecule has 2 aromatic rings. The minimum absolute atomic E-state index is 0.224. The molecule has 0 aliphatic carbocycles. The van der Waals surface area contributed by atoms with Gasteiger partial charge in [0.05, 0.1) is 12.1 Å². The van der Waals surface area contributed by atoms with E-state index in [9.17, 15) is 9.70 Å². The van der Waals surface area contributed by atoms with Gasteiger partial charge in [-0.2, -0.15) is 4.73 Å². The average Bonchev–Trinajstić information content (AvgIpc) is 2.79. The van der Waals surface area contributed by atoms with Crippen molar-refractivity contribution in [3.05, 3.63) is 29.4 Å². The van der Waals surface area contributed by atoms with Gasteiger partial charge in [0.15, 0.2) is 0 Å². The number of aromatic nitrogens is 2. The van der Waals surface area contributed by atoms with Crippen LogP contribution in [-0.4, -0.2) is 28.9 Å². The van der Waals surface area contributed by atoms with Gasteiger partial charge in [-0.3, -0.25) is 0 Å². The Morgan fingerprint density at radius 1 is 1.50 bits per heavy atom. The quantitative estimate of drug-likeness (QED) is 0.591. The summed E-state index contributed by atoms with van der Waals surface area (Å²) in [7, 11) is 0. The molecule has 0 fully saturated rings. The number of benzene rings is 1. The minimum atomic E-state index is -0.469. The summed E-state index contributed by atoms with van der Waals surface area (Å²) < 4.78 is 6.04. The molecule has 7 nitrogen and oxygen atoms in total. The SMILES string of the molecule is CCOC(=O)COn1cnc2ccc(N=O)cc21. The molecule has 0 spiro atoms. The van der Waals surface area contributed by atoms with Crippen LogP contribution in [0.3, 0.4) is 0 Å². The zero-order chi connectivity index (χ0) is 13.0. The minimum Gasteiger partial charge on any atom is -0.463 e. The summed E-state index contributed by atoms with van der Waals surface area (Å²) in [4.78, 5) is 30.9. The maximum Gasteiger partial charge on any atom is 0.346 e. The third-order valence-electron chi connectivity index (χ3n) is 2.23. The lowest BCUT2D eigenvalue weighted by Crippen LogP contribution is -2.21. The first-order chi connectivity index (χ1) is 8.74. The van der Waals surface area contributed by atoms with E-state index in [4.69, 9.17) is 9.57 Å². The second kappa shape index (κ2) is 5.26. The Morgan fingerprint density at radius 2 is 2.33 bits per heavy atom. The van der Waals surface area contributed by atoms with E-state index in [1.165, 1.54) is 17.1 Å². The largest absolute Gasteiger partial charge is 0.463 e. The van der Waals surface area contributed by atoms with Gasteiger partial charge in [0.2, 0.25) is 6.61 Å². The van der Waals surface area contributed by atoms with Crippen molar-refractivity contribution in [3.63, 3.8) is 0 Å². The van der Waals surface area contributed by atoms with Gasteiger partial charge in [0.25, 0.3) is 0 Å². The molecule has 0 radical (unpaired) electrons. The van der Waals surface area contributed by atoms with Crippen LogP contribution in [0.1, 0.15) is 6.92 Å². The molecule has 0 bridgehead atoms. The number of hydrogen-bond donors (Lipinski definition) is 0. The number of imidazole rings is 1. The summed E-state index contributed by atoms with van der Waals surface area (Å²) in [5.74, 6) is -0.469. The third-order valence-corrected chi connectivity index (χ3v) is 2.23. The van der Waals surface area contributed by atoms with E-state index in [0.717, 1.165) is 0 Å². The Kier molecular flexibility index (Phi) is 3.52.